The molecule has 3 atom stereocenters. The second kappa shape index (κ2) is 7.45. The first kappa shape index (κ1) is 22.9. The van der Waals surface area contributed by atoms with Crippen LogP contribution >= 0.6 is 0 Å². The van der Waals surface area contributed by atoms with Crippen molar-refractivity contribution in [3.63, 3.8) is 0 Å². The van der Waals surface area contributed by atoms with Gasteiger partial charge in [0.25, 0.3) is 10.1 Å². The molecule has 0 aliphatic heterocycles. The average Bonchev–Trinajstić information content (AvgIpc) is 2.52. The van der Waals surface area contributed by atoms with Crippen LogP contribution in [0.25, 0.3) is 0 Å². The zero-order chi connectivity index (χ0) is 19.5. The quantitative estimate of drug-likeness (QED) is 0.594. The standard InChI is InChI=1S/C20H28O5S.Na.H/c1-12(2)14-10-13-6-7-17-19(3,8-5-9-20(17,4)18(21)22)15(13)11-16(14)26(23,24)25;;/h10-12,17H,5-9H2,1-4H3,(H,21,22)(H,23,24,25);;. The Morgan fingerprint density at radius 1 is 1.22 bits per heavy atom. The van der Waals surface area contributed by atoms with E-state index in [1.165, 1.54) is 0 Å². The fraction of sp³-hybridized carbons (Fsp3) is 0.650. The number of aryl methyl sites for hydroxylation is 1. The van der Waals surface area contributed by atoms with Gasteiger partial charge >= 0.3 is 35.5 Å². The molecule has 0 aromatic heterocycles. The van der Waals surface area contributed by atoms with Crippen molar-refractivity contribution in [2.75, 3.05) is 0 Å². The van der Waals surface area contributed by atoms with Crippen LogP contribution in [-0.2, 0) is 26.7 Å². The summed E-state index contributed by atoms with van der Waals surface area (Å²) in [6.07, 6.45) is 3.80. The molecule has 0 radical (unpaired) electrons. The number of rotatable bonds is 3. The van der Waals surface area contributed by atoms with Gasteiger partial charge in [-0.15, -0.1) is 0 Å². The number of carboxylic acid groups (broad SMARTS) is 1. The monoisotopic (exact) mass is 404 g/mol. The van der Waals surface area contributed by atoms with Crippen LogP contribution in [0.3, 0.4) is 0 Å². The van der Waals surface area contributed by atoms with Gasteiger partial charge in [0.15, 0.2) is 0 Å². The van der Waals surface area contributed by atoms with Crippen molar-refractivity contribution in [1.29, 1.82) is 0 Å². The number of aliphatic carboxylic acids is 1. The van der Waals surface area contributed by atoms with Crippen molar-refractivity contribution >= 4 is 45.6 Å². The van der Waals surface area contributed by atoms with Gasteiger partial charge in [-0.3, -0.25) is 9.35 Å². The van der Waals surface area contributed by atoms with Gasteiger partial charge in [0.1, 0.15) is 0 Å². The average molecular weight is 405 g/mol. The van der Waals surface area contributed by atoms with Gasteiger partial charge < -0.3 is 5.11 Å². The summed E-state index contributed by atoms with van der Waals surface area (Å²) in [5.74, 6) is -0.850. The Hall–Kier alpha value is -0.400. The molecule has 0 saturated heterocycles. The summed E-state index contributed by atoms with van der Waals surface area (Å²) < 4.78 is 33.8. The molecule has 3 unspecified atom stereocenters. The van der Waals surface area contributed by atoms with Gasteiger partial charge in [0, 0.05) is 0 Å². The van der Waals surface area contributed by atoms with Crippen molar-refractivity contribution < 1.29 is 22.9 Å². The van der Waals surface area contributed by atoms with Gasteiger partial charge in [-0.05, 0) is 72.6 Å². The van der Waals surface area contributed by atoms with Crippen molar-refractivity contribution in [2.24, 2.45) is 11.3 Å². The summed E-state index contributed by atoms with van der Waals surface area (Å²) in [6, 6.07) is 3.54. The Morgan fingerprint density at radius 3 is 2.37 bits per heavy atom. The summed E-state index contributed by atoms with van der Waals surface area (Å²) in [7, 11) is -4.34. The zero-order valence-electron chi connectivity index (χ0n) is 15.9. The van der Waals surface area contributed by atoms with Crippen LogP contribution in [0.1, 0.15) is 76.0 Å². The molecule has 27 heavy (non-hydrogen) atoms. The summed E-state index contributed by atoms with van der Waals surface area (Å²) in [6.45, 7) is 7.71. The molecule has 1 fully saturated rings. The third-order valence-electron chi connectivity index (χ3n) is 6.87. The van der Waals surface area contributed by atoms with Crippen LogP contribution < -0.4 is 0 Å². The van der Waals surface area contributed by atoms with E-state index in [1.54, 1.807) is 6.07 Å². The normalized spacial score (nSPS) is 30.2. The molecule has 2 aliphatic carbocycles. The fourth-order valence-corrected chi connectivity index (χ4v) is 6.31. The molecule has 2 N–H and O–H groups in total. The van der Waals surface area contributed by atoms with Crippen molar-refractivity contribution in [3.8, 4) is 0 Å². The Labute approximate surface area is 184 Å². The van der Waals surface area contributed by atoms with Crippen LogP contribution in [-0.4, -0.2) is 53.6 Å². The molecule has 0 spiro atoms. The van der Waals surface area contributed by atoms with Crippen molar-refractivity contribution in [3.05, 3.63) is 28.8 Å². The minimum atomic E-state index is -4.34. The van der Waals surface area contributed by atoms with Gasteiger partial charge in [-0.25, -0.2) is 0 Å². The molecule has 0 amide bonds. The Kier molecular flexibility index (Phi) is 6.31. The van der Waals surface area contributed by atoms with E-state index >= 15 is 0 Å². The predicted octanol–water partition coefficient (Wildman–Crippen LogP) is 3.50. The van der Waals surface area contributed by atoms with E-state index in [4.69, 9.17) is 0 Å². The first-order valence-corrected chi connectivity index (χ1v) is 10.7. The number of hydrogen-bond donors (Lipinski definition) is 2. The van der Waals surface area contributed by atoms with Crippen LogP contribution in [0.15, 0.2) is 17.0 Å². The first-order chi connectivity index (χ1) is 11.9. The summed E-state index contributed by atoms with van der Waals surface area (Å²) in [5, 5.41) is 9.86. The number of benzene rings is 1. The van der Waals surface area contributed by atoms with Crippen LogP contribution in [0, 0.1) is 11.3 Å². The maximum atomic E-state index is 12.0. The van der Waals surface area contributed by atoms with Crippen molar-refractivity contribution in [1.82, 2.24) is 0 Å². The molecular weight excluding hydrogens is 375 g/mol. The zero-order valence-corrected chi connectivity index (χ0v) is 16.7. The summed E-state index contributed by atoms with van der Waals surface area (Å²) in [4.78, 5) is 12.0. The van der Waals surface area contributed by atoms with Gasteiger partial charge in [-0.1, -0.05) is 33.3 Å². The molecule has 2 aliphatic rings. The molecule has 1 aromatic carbocycles. The Bertz CT molecular complexity index is 863. The third-order valence-corrected chi connectivity index (χ3v) is 7.78. The summed E-state index contributed by atoms with van der Waals surface area (Å²) in [5.41, 5.74) is 1.42. The molecule has 1 saturated carbocycles. The van der Waals surface area contributed by atoms with E-state index in [1.807, 2.05) is 26.8 Å². The van der Waals surface area contributed by atoms with E-state index in [0.29, 0.717) is 12.0 Å². The van der Waals surface area contributed by atoms with E-state index in [0.717, 1.165) is 36.8 Å². The second-order valence-corrected chi connectivity index (χ2v) is 10.2. The van der Waals surface area contributed by atoms with Crippen LogP contribution in [0.5, 0.6) is 0 Å². The fourth-order valence-electron chi connectivity index (χ4n) is 5.45. The van der Waals surface area contributed by atoms with Gasteiger partial charge in [0.05, 0.1) is 10.3 Å². The molecule has 0 bridgehead atoms. The Balaban J connectivity index is 0.00000261. The third kappa shape index (κ3) is 3.64. The molecular formula is C20H29NaO5S. The van der Waals surface area contributed by atoms with Crippen molar-refractivity contribution in [2.45, 2.75) is 76.0 Å². The molecule has 5 nitrogen and oxygen atoms in total. The van der Waals surface area contributed by atoms with Crippen LogP contribution in [0.4, 0.5) is 0 Å². The second-order valence-electron chi connectivity index (χ2n) is 8.76. The van der Waals surface area contributed by atoms with Gasteiger partial charge in [-0.2, -0.15) is 8.42 Å². The predicted molar refractivity (Wildman–Crippen MR) is 106 cm³/mol. The number of carboxylic acids is 1. The number of carbonyl (C=O) groups is 1. The molecule has 0 heterocycles. The Morgan fingerprint density at radius 2 is 1.85 bits per heavy atom. The molecule has 146 valence electrons. The number of hydrogen-bond acceptors (Lipinski definition) is 3. The van der Waals surface area contributed by atoms with E-state index < -0.39 is 26.9 Å². The molecule has 7 heteroatoms. The minimum absolute atomic E-state index is 0. The molecule has 1 aromatic rings. The SMILES string of the molecule is CC(C)c1cc2c(cc1S(=O)(=O)O)C1(C)CCCC(C)(C(=O)O)C1CC2.[NaH]. The van der Waals surface area contributed by atoms with E-state index in [2.05, 4.69) is 6.92 Å². The first-order valence-electron chi connectivity index (χ1n) is 9.29. The van der Waals surface area contributed by atoms with Crippen LogP contribution in [0.2, 0.25) is 0 Å². The van der Waals surface area contributed by atoms with E-state index in [9.17, 15) is 22.9 Å². The summed E-state index contributed by atoms with van der Waals surface area (Å²) >= 11 is 0. The maximum absolute atomic E-state index is 12.0. The topological polar surface area (TPSA) is 91.7 Å². The number of fused-ring (bicyclic) bond motifs is 3. The van der Waals surface area contributed by atoms with Gasteiger partial charge in [0.2, 0.25) is 0 Å². The van der Waals surface area contributed by atoms with E-state index in [-0.39, 0.29) is 46.3 Å². The molecule has 3 rings (SSSR count).